The lowest BCUT2D eigenvalue weighted by atomic mass is 10.1. The van der Waals surface area contributed by atoms with Crippen molar-refractivity contribution in [3.05, 3.63) is 35.9 Å². The van der Waals surface area contributed by atoms with Gasteiger partial charge in [0.05, 0.1) is 0 Å². The second kappa shape index (κ2) is 7.99. The maximum absolute atomic E-state index is 8.74. The molecule has 0 aliphatic heterocycles. The number of aryl methyl sites for hydroxylation is 1. The predicted molar refractivity (Wildman–Crippen MR) is 53.9 cm³/mol. The standard InChI is InChI=1S/C9H12.H3O3P/c1-2-6-9-7-4-3-5-8-9;1-4(2)3/h3-5,7-8H,2,6H2,1H3;4H,(H2,1,2,3). The zero-order valence-corrected chi connectivity index (χ0v) is 8.60. The molecule has 0 bridgehead atoms. The molecule has 0 spiro atoms. The minimum absolute atomic E-state index is 1.21. The molecule has 0 atom stereocenters. The third-order valence-electron chi connectivity index (χ3n) is 1.38. The van der Waals surface area contributed by atoms with Gasteiger partial charge in [-0.25, -0.2) is 0 Å². The molecule has 1 rings (SSSR count). The van der Waals surface area contributed by atoms with Crippen LogP contribution in [0.25, 0.3) is 0 Å². The average molecular weight is 202 g/mol. The molecule has 2 N–H and O–H groups in total. The van der Waals surface area contributed by atoms with E-state index in [9.17, 15) is 0 Å². The number of benzene rings is 1. The molecule has 0 saturated carbocycles. The third-order valence-corrected chi connectivity index (χ3v) is 1.38. The second-order valence-electron chi connectivity index (χ2n) is 2.52. The Balaban J connectivity index is 0.000000310. The van der Waals surface area contributed by atoms with Crippen molar-refractivity contribution in [1.29, 1.82) is 0 Å². The van der Waals surface area contributed by atoms with Crippen molar-refractivity contribution in [2.45, 2.75) is 19.8 Å². The van der Waals surface area contributed by atoms with Gasteiger partial charge in [-0.15, -0.1) is 0 Å². The van der Waals surface area contributed by atoms with Gasteiger partial charge in [0.25, 0.3) is 0 Å². The average Bonchev–Trinajstić information content (AvgIpc) is 2.06. The van der Waals surface area contributed by atoms with Gasteiger partial charge in [0.2, 0.25) is 0 Å². The fourth-order valence-electron chi connectivity index (χ4n) is 0.933. The van der Waals surface area contributed by atoms with Gasteiger partial charge in [0.1, 0.15) is 0 Å². The summed E-state index contributed by atoms with van der Waals surface area (Å²) < 4.78 is 8.74. The van der Waals surface area contributed by atoms with E-state index in [0.29, 0.717) is 0 Å². The lowest BCUT2D eigenvalue weighted by Gasteiger charge is -1.93. The van der Waals surface area contributed by atoms with Gasteiger partial charge in [-0.05, 0) is 12.0 Å². The van der Waals surface area contributed by atoms with Gasteiger partial charge in [-0.3, -0.25) is 4.57 Å². The fraction of sp³-hybridized carbons (Fsp3) is 0.333. The van der Waals surface area contributed by atoms with Gasteiger partial charge < -0.3 is 9.79 Å². The molecule has 0 radical (unpaired) electrons. The smallest absolute Gasteiger partial charge is 0.314 e. The first-order valence-corrected chi connectivity index (χ1v) is 5.43. The molecule has 1 aromatic rings. The lowest BCUT2D eigenvalue weighted by Crippen LogP contribution is -1.78. The highest BCUT2D eigenvalue weighted by molar-refractivity contribution is 7.30. The van der Waals surface area contributed by atoms with Crippen molar-refractivity contribution in [2.24, 2.45) is 0 Å². The van der Waals surface area contributed by atoms with E-state index < -0.39 is 8.25 Å². The first-order valence-electron chi connectivity index (χ1n) is 4.12. The summed E-state index contributed by atoms with van der Waals surface area (Å²) in [5.41, 5.74) is 1.44. The molecule has 1 aromatic carbocycles. The summed E-state index contributed by atoms with van der Waals surface area (Å²) in [6.07, 6.45) is 2.45. The van der Waals surface area contributed by atoms with Crippen molar-refractivity contribution >= 4 is 8.25 Å². The Morgan fingerprint density at radius 1 is 1.23 bits per heavy atom. The van der Waals surface area contributed by atoms with Crippen molar-refractivity contribution < 1.29 is 14.4 Å². The highest BCUT2D eigenvalue weighted by Gasteiger charge is 1.84. The molecule has 0 aliphatic rings. The highest BCUT2D eigenvalue weighted by Crippen LogP contribution is 2.00. The monoisotopic (exact) mass is 202 g/mol. The summed E-state index contributed by atoms with van der Waals surface area (Å²) in [5.74, 6) is 0. The van der Waals surface area contributed by atoms with Gasteiger partial charge in [-0.1, -0.05) is 43.7 Å². The molecule has 0 aliphatic carbocycles. The Labute approximate surface area is 79.0 Å². The van der Waals surface area contributed by atoms with Crippen LogP contribution < -0.4 is 0 Å². The fourth-order valence-corrected chi connectivity index (χ4v) is 0.933. The first-order chi connectivity index (χ1) is 6.16. The van der Waals surface area contributed by atoms with Crippen LogP contribution in [-0.2, 0) is 11.0 Å². The molecule has 0 aromatic heterocycles. The molecule has 4 heteroatoms. The van der Waals surface area contributed by atoms with Crippen LogP contribution in [0.4, 0.5) is 0 Å². The number of rotatable bonds is 2. The number of hydrogen-bond donors (Lipinski definition) is 2. The first kappa shape index (κ1) is 12.4. The molecule has 0 amide bonds. The van der Waals surface area contributed by atoms with Crippen LogP contribution >= 0.6 is 8.25 Å². The van der Waals surface area contributed by atoms with E-state index in [1.54, 1.807) is 0 Å². The molecule has 0 unspecified atom stereocenters. The molecular formula is C9H15O3P. The number of hydrogen-bond acceptors (Lipinski definition) is 1. The van der Waals surface area contributed by atoms with Crippen LogP contribution in [0.15, 0.2) is 30.3 Å². The normalized spacial score (nSPS) is 9.23. The zero-order chi connectivity index (χ0) is 10.1. The van der Waals surface area contributed by atoms with Crippen LogP contribution in [0.3, 0.4) is 0 Å². The van der Waals surface area contributed by atoms with Crippen molar-refractivity contribution in [1.82, 2.24) is 0 Å². The summed E-state index contributed by atoms with van der Waals surface area (Å²) in [5, 5.41) is 0. The topological polar surface area (TPSA) is 57.5 Å². The summed E-state index contributed by atoms with van der Waals surface area (Å²) in [7, 11) is -3.13. The van der Waals surface area contributed by atoms with E-state index in [1.165, 1.54) is 18.4 Å². The molecule has 3 nitrogen and oxygen atoms in total. The van der Waals surface area contributed by atoms with Crippen LogP contribution in [-0.4, -0.2) is 9.79 Å². The predicted octanol–water partition coefficient (Wildman–Crippen LogP) is 2.00. The minimum atomic E-state index is -3.13. The quantitative estimate of drug-likeness (QED) is 0.721. The molecule has 74 valence electrons. The van der Waals surface area contributed by atoms with Gasteiger partial charge in [0.15, 0.2) is 0 Å². The summed E-state index contributed by atoms with van der Waals surface area (Å²) in [6, 6.07) is 10.6. The van der Waals surface area contributed by atoms with Crippen molar-refractivity contribution in [2.75, 3.05) is 0 Å². The van der Waals surface area contributed by atoms with Gasteiger partial charge >= 0.3 is 8.25 Å². The second-order valence-corrected chi connectivity index (χ2v) is 3.08. The largest absolute Gasteiger partial charge is 0.326 e. The minimum Gasteiger partial charge on any atom is -0.326 e. The summed E-state index contributed by atoms with van der Waals surface area (Å²) in [6.45, 7) is 2.20. The van der Waals surface area contributed by atoms with E-state index in [0.717, 1.165) is 0 Å². The van der Waals surface area contributed by atoms with Crippen molar-refractivity contribution in [3.8, 4) is 0 Å². The van der Waals surface area contributed by atoms with Crippen LogP contribution in [0.1, 0.15) is 18.9 Å². The molecule has 0 saturated heterocycles. The Kier molecular flexibility index (Phi) is 7.60. The van der Waals surface area contributed by atoms with E-state index in [1.807, 2.05) is 0 Å². The Hall–Kier alpha value is -0.630. The van der Waals surface area contributed by atoms with Gasteiger partial charge in [-0.2, -0.15) is 0 Å². The molecular weight excluding hydrogens is 187 g/mol. The van der Waals surface area contributed by atoms with Gasteiger partial charge in [0, 0.05) is 0 Å². The highest BCUT2D eigenvalue weighted by atomic mass is 31.1. The maximum atomic E-state index is 8.74. The molecule has 13 heavy (non-hydrogen) atoms. The summed E-state index contributed by atoms with van der Waals surface area (Å²) >= 11 is 0. The third kappa shape index (κ3) is 9.28. The maximum Gasteiger partial charge on any atom is 0.314 e. The Morgan fingerprint density at radius 2 is 1.69 bits per heavy atom. The van der Waals surface area contributed by atoms with E-state index in [2.05, 4.69) is 37.3 Å². The van der Waals surface area contributed by atoms with Crippen LogP contribution in [0.2, 0.25) is 0 Å². The Bertz CT molecular complexity index is 232. The van der Waals surface area contributed by atoms with E-state index in [-0.39, 0.29) is 0 Å². The van der Waals surface area contributed by atoms with E-state index >= 15 is 0 Å². The summed E-state index contributed by atoms with van der Waals surface area (Å²) in [4.78, 5) is 14.3. The molecule has 0 heterocycles. The zero-order valence-electron chi connectivity index (χ0n) is 7.60. The van der Waals surface area contributed by atoms with E-state index in [4.69, 9.17) is 14.4 Å². The SMILES string of the molecule is CCCc1ccccc1.O=[PH](O)O. The Morgan fingerprint density at radius 3 is 2.08 bits per heavy atom. The lowest BCUT2D eigenvalue weighted by molar-refractivity contribution is 0.405. The van der Waals surface area contributed by atoms with Crippen LogP contribution in [0, 0.1) is 0 Å². The van der Waals surface area contributed by atoms with Crippen molar-refractivity contribution in [3.63, 3.8) is 0 Å². The van der Waals surface area contributed by atoms with Crippen LogP contribution in [0.5, 0.6) is 0 Å². The molecule has 0 fully saturated rings.